The molecule has 1 amide bonds. The summed E-state index contributed by atoms with van der Waals surface area (Å²) in [4.78, 5) is 38.3. The first-order valence-electron chi connectivity index (χ1n) is 9.74. The Kier molecular flexibility index (Phi) is 6.97. The highest BCUT2D eigenvalue weighted by molar-refractivity contribution is 6.11. The van der Waals surface area contributed by atoms with Gasteiger partial charge in [-0.05, 0) is 60.7 Å². The Morgan fingerprint density at radius 1 is 0.939 bits per heavy atom. The van der Waals surface area contributed by atoms with Gasteiger partial charge in [0, 0.05) is 35.6 Å². The zero-order chi connectivity index (χ0) is 24.1. The average Bonchev–Trinajstić information content (AvgIpc) is 2.84. The van der Waals surface area contributed by atoms with Gasteiger partial charge >= 0.3 is 5.97 Å². The molecule has 0 unspecified atom stereocenters. The monoisotopic (exact) mass is 450 g/mol. The van der Waals surface area contributed by atoms with Crippen molar-refractivity contribution in [2.24, 2.45) is 0 Å². The number of ketones is 1. The molecule has 8 heteroatoms. The molecular formula is C25H20F2N2O4. The van der Waals surface area contributed by atoms with E-state index in [4.69, 9.17) is 4.74 Å². The van der Waals surface area contributed by atoms with Gasteiger partial charge in [0.15, 0.2) is 17.4 Å². The van der Waals surface area contributed by atoms with E-state index in [1.54, 1.807) is 31.3 Å². The largest absolute Gasteiger partial charge is 0.465 e. The summed E-state index contributed by atoms with van der Waals surface area (Å²) in [6, 6.07) is 14.0. The molecule has 3 aromatic carbocycles. The standard InChI is InChI=1S/C25H20F2N2O4/c1-4-23(30)28-17-8-5-15(6-9-17)24(31)16-7-12-22(19(13-16)25(32)33-3)29(2)18-10-11-20(26)21(27)14-18/h4-14H,1H2,2-3H3,(H,28,30). The SMILES string of the molecule is C=CC(=O)Nc1ccc(C(=O)c2ccc(N(C)c3ccc(F)c(F)c3)c(C(=O)OC)c2)cc1. The van der Waals surface area contributed by atoms with E-state index >= 15 is 0 Å². The maximum atomic E-state index is 13.7. The number of hydrogen-bond donors (Lipinski definition) is 1. The van der Waals surface area contributed by atoms with E-state index < -0.39 is 17.6 Å². The minimum atomic E-state index is -1.03. The molecule has 0 aromatic heterocycles. The number of hydrogen-bond acceptors (Lipinski definition) is 5. The first-order chi connectivity index (χ1) is 15.7. The number of amides is 1. The molecule has 0 heterocycles. The second-order valence-corrected chi connectivity index (χ2v) is 6.98. The molecule has 0 aliphatic carbocycles. The predicted octanol–water partition coefficient (Wildman–Crippen LogP) is 4.87. The van der Waals surface area contributed by atoms with Crippen LogP contribution in [0.2, 0.25) is 0 Å². The van der Waals surface area contributed by atoms with Crippen LogP contribution in [0.25, 0.3) is 0 Å². The van der Waals surface area contributed by atoms with Crippen LogP contribution in [0, 0.1) is 11.6 Å². The van der Waals surface area contributed by atoms with Crippen LogP contribution in [0.5, 0.6) is 0 Å². The van der Waals surface area contributed by atoms with Gasteiger partial charge in [-0.25, -0.2) is 13.6 Å². The Morgan fingerprint density at radius 3 is 2.21 bits per heavy atom. The number of nitrogens with zero attached hydrogens (tertiary/aromatic N) is 1. The third-order valence-corrected chi connectivity index (χ3v) is 4.92. The molecule has 0 saturated carbocycles. The first-order valence-corrected chi connectivity index (χ1v) is 9.74. The van der Waals surface area contributed by atoms with E-state index in [-0.39, 0.29) is 22.8 Å². The van der Waals surface area contributed by atoms with Crippen LogP contribution in [-0.2, 0) is 9.53 Å². The Hall–Kier alpha value is -4.33. The smallest absolute Gasteiger partial charge is 0.340 e. The minimum Gasteiger partial charge on any atom is -0.465 e. The molecule has 3 aromatic rings. The fourth-order valence-corrected chi connectivity index (χ4v) is 3.14. The highest BCUT2D eigenvalue weighted by Crippen LogP contribution is 2.30. The zero-order valence-electron chi connectivity index (χ0n) is 17.9. The van der Waals surface area contributed by atoms with Crippen molar-refractivity contribution in [2.45, 2.75) is 0 Å². The Labute approximate surface area is 189 Å². The van der Waals surface area contributed by atoms with Gasteiger partial charge in [-0.15, -0.1) is 0 Å². The summed E-state index contributed by atoms with van der Waals surface area (Å²) in [6.07, 6.45) is 1.13. The fraction of sp³-hybridized carbons (Fsp3) is 0.0800. The number of ether oxygens (including phenoxy) is 1. The van der Waals surface area contributed by atoms with Gasteiger partial charge in [-0.3, -0.25) is 9.59 Å². The molecule has 0 aliphatic rings. The van der Waals surface area contributed by atoms with Gasteiger partial charge in [0.25, 0.3) is 0 Å². The summed E-state index contributed by atoms with van der Waals surface area (Å²) in [5.74, 6) is -3.45. The fourth-order valence-electron chi connectivity index (χ4n) is 3.14. The summed E-state index contributed by atoms with van der Waals surface area (Å²) >= 11 is 0. The van der Waals surface area contributed by atoms with Crippen molar-refractivity contribution in [3.63, 3.8) is 0 Å². The summed E-state index contributed by atoms with van der Waals surface area (Å²) in [6.45, 7) is 3.38. The summed E-state index contributed by atoms with van der Waals surface area (Å²) in [5.41, 5.74) is 1.77. The number of anilines is 3. The lowest BCUT2D eigenvalue weighted by Gasteiger charge is -2.22. The maximum absolute atomic E-state index is 13.7. The van der Waals surface area contributed by atoms with Crippen LogP contribution in [-0.4, -0.2) is 31.8 Å². The molecule has 0 radical (unpaired) electrons. The molecule has 168 valence electrons. The van der Waals surface area contributed by atoms with Gasteiger partial charge in [0.2, 0.25) is 5.91 Å². The Bertz CT molecular complexity index is 1240. The summed E-state index contributed by atoms with van der Waals surface area (Å²) in [5, 5.41) is 2.59. The predicted molar refractivity (Wildman–Crippen MR) is 121 cm³/mol. The number of methoxy groups -OCH3 is 1. The molecular weight excluding hydrogens is 430 g/mol. The topological polar surface area (TPSA) is 75.7 Å². The van der Waals surface area contributed by atoms with E-state index in [1.807, 2.05) is 0 Å². The third kappa shape index (κ3) is 5.12. The molecule has 1 N–H and O–H groups in total. The number of carbonyl (C=O) groups is 3. The van der Waals surface area contributed by atoms with Gasteiger partial charge in [-0.1, -0.05) is 6.58 Å². The molecule has 0 fully saturated rings. The van der Waals surface area contributed by atoms with Crippen LogP contribution in [0.1, 0.15) is 26.3 Å². The number of rotatable bonds is 7. The second kappa shape index (κ2) is 9.86. The lowest BCUT2D eigenvalue weighted by atomic mass is 9.99. The third-order valence-electron chi connectivity index (χ3n) is 4.92. The highest BCUT2D eigenvalue weighted by atomic mass is 19.2. The lowest BCUT2D eigenvalue weighted by molar-refractivity contribution is -0.111. The van der Waals surface area contributed by atoms with Crippen molar-refractivity contribution in [1.82, 2.24) is 0 Å². The van der Waals surface area contributed by atoms with Crippen LogP contribution in [0.15, 0.2) is 73.3 Å². The molecule has 33 heavy (non-hydrogen) atoms. The number of halogens is 2. The van der Waals surface area contributed by atoms with E-state index in [1.165, 1.54) is 36.3 Å². The molecule has 6 nitrogen and oxygen atoms in total. The van der Waals surface area contributed by atoms with Crippen molar-refractivity contribution in [2.75, 3.05) is 24.4 Å². The van der Waals surface area contributed by atoms with E-state index in [0.717, 1.165) is 18.2 Å². The normalized spacial score (nSPS) is 10.3. The molecule has 0 spiro atoms. The zero-order valence-corrected chi connectivity index (χ0v) is 17.9. The first kappa shape index (κ1) is 23.3. The number of benzene rings is 3. The van der Waals surface area contributed by atoms with E-state index in [2.05, 4.69) is 11.9 Å². The molecule has 0 bridgehead atoms. The lowest BCUT2D eigenvalue weighted by Crippen LogP contribution is -2.16. The molecule has 0 atom stereocenters. The van der Waals surface area contributed by atoms with Gasteiger partial charge in [-0.2, -0.15) is 0 Å². The number of carbonyl (C=O) groups excluding carboxylic acids is 3. The van der Waals surface area contributed by atoms with E-state index in [9.17, 15) is 23.2 Å². The van der Waals surface area contributed by atoms with Crippen molar-refractivity contribution >= 4 is 34.7 Å². The minimum absolute atomic E-state index is 0.0745. The van der Waals surface area contributed by atoms with Crippen molar-refractivity contribution in [1.29, 1.82) is 0 Å². The van der Waals surface area contributed by atoms with Crippen LogP contribution in [0.4, 0.5) is 25.8 Å². The van der Waals surface area contributed by atoms with Gasteiger partial charge in [0.05, 0.1) is 18.4 Å². The molecule has 0 aliphatic heterocycles. The van der Waals surface area contributed by atoms with Crippen LogP contribution in [0.3, 0.4) is 0 Å². The Balaban J connectivity index is 1.95. The maximum Gasteiger partial charge on any atom is 0.340 e. The summed E-state index contributed by atoms with van der Waals surface area (Å²) < 4.78 is 31.8. The van der Waals surface area contributed by atoms with Crippen molar-refractivity contribution in [3.8, 4) is 0 Å². The second-order valence-electron chi connectivity index (χ2n) is 6.98. The number of esters is 1. The van der Waals surface area contributed by atoms with Crippen LogP contribution < -0.4 is 10.2 Å². The summed E-state index contributed by atoms with van der Waals surface area (Å²) in [7, 11) is 2.78. The average molecular weight is 450 g/mol. The van der Waals surface area contributed by atoms with Crippen molar-refractivity contribution < 1.29 is 27.9 Å². The van der Waals surface area contributed by atoms with Gasteiger partial charge < -0.3 is 15.0 Å². The quantitative estimate of drug-likeness (QED) is 0.316. The Morgan fingerprint density at radius 2 is 1.61 bits per heavy atom. The van der Waals surface area contributed by atoms with Crippen LogP contribution >= 0.6 is 0 Å². The number of nitrogens with one attached hydrogen (secondary N) is 1. The van der Waals surface area contributed by atoms with Crippen molar-refractivity contribution in [3.05, 3.63) is 102 Å². The van der Waals surface area contributed by atoms with Gasteiger partial charge in [0.1, 0.15) is 0 Å². The molecule has 3 rings (SSSR count). The van der Waals surface area contributed by atoms with E-state index in [0.29, 0.717) is 22.6 Å². The highest BCUT2D eigenvalue weighted by Gasteiger charge is 2.20. The molecule has 0 saturated heterocycles.